The molecule has 3 heterocycles. The van der Waals surface area contributed by atoms with Crippen LogP contribution in [0.1, 0.15) is 42.7 Å². The molecule has 1 unspecified atom stereocenters. The van der Waals surface area contributed by atoms with Crippen LogP contribution >= 0.6 is 0 Å². The van der Waals surface area contributed by atoms with Crippen LogP contribution in [0.2, 0.25) is 0 Å². The van der Waals surface area contributed by atoms with Crippen LogP contribution in [0, 0.1) is 11.3 Å². The Morgan fingerprint density at radius 1 is 1.31 bits per heavy atom. The van der Waals surface area contributed by atoms with Gasteiger partial charge in [0.25, 0.3) is 5.91 Å². The predicted octanol–water partition coefficient (Wildman–Crippen LogP) is 3.53. The van der Waals surface area contributed by atoms with Crippen molar-refractivity contribution >= 4 is 22.8 Å². The number of hydrogen-bond acceptors (Lipinski definition) is 4. The maximum Gasteiger partial charge on any atom is 0.389 e. The minimum Gasteiger partial charge on any atom is -0.449 e. The van der Waals surface area contributed by atoms with Gasteiger partial charge >= 0.3 is 6.18 Å². The largest absolute Gasteiger partial charge is 0.449 e. The summed E-state index contributed by atoms with van der Waals surface area (Å²) in [7, 11) is 0. The van der Waals surface area contributed by atoms with Gasteiger partial charge in [-0.1, -0.05) is 0 Å². The van der Waals surface area contributed by atoms with Gasteiger partial charge in [-0.2, -0.15) is 13.2 Å². The zero-order valence-corrected chi connectivity index (χ0v) is 15.8. The molecule has 1 N–H and O–H groups in total. The maximum atomic E-state index is 12.3. The third-order valence-electron chi connectivity index (χ3n) is 6.15. The minimum absolute atomic E-state index is 0.0892. The van der Waals surface area contributed by atoms with E-state index in [1.165, 1.54) is 4.90 Å². The van der Waals surface area contributed by atoms with Crippen LogP contribution < -0.4 is 5.32 Å². The Bertz CT molecular complexity index is 883. The topological polar surface area (TPSA) is 75.4 Å². The molecule has 2 amide bonds. The van der Waals surface area contributed by atoms with Crippen LogP contribution in [0.5, 0.6) is 0 Å². The molecular formula is C20H22F3N3O3. The lowest BCUT2D eigenvalue weighted by Gasteiger charge is -2.33. The Morgan fingerprint density at radius 2 is 2.07 bits per heavy atom. The number of halogens is 3. The Hall–Kier alpha value is -2.58. The summed E-state index contributed by atoms with van der Waals surface area (Å²) in [5.41, 5.74) is 0.648. The lowest BCUT2D eigenvalue weighted by Crippen LogP contribution is -2.40. The smallest absolute Gasteiger partial charge is 0.389 e. The van der Waals surface area contributed by atoms with Crippen molar-refractivity contribution < 1.29 is 27.2 Å². The number of carbonyl (C=O) groups excluding carboxylic acids is 2. The second-order valence-electron chi connectivity index (χ2n) is 7.99. The van der Waals surface area contributed by atoms with E-state index in [2.05, 4.69) is 10.3 Å². The molecule has 29 heavy (non-hydrogen) atoms. The highest BCUT2D eigenvalue weighted by Gasteiger charge is 2.54. The zero-order valence-electron chi connectivity index (χ0n) is 15.8. The number of furan rings is 1. The Labute approximate surface area is 165 Å². The first-order chi connectivity index (χ1) is 13.8. The van der Waals surface area contributed by atoms with Gasteiger partial charge in [-0.25, -0.2) is 0 Å². The average molecular weight is 409 g/mol. The van der Waals surface area contributed by atoms with Crippen LogP contribution in [0.4, 0.5) is 13.2 Å². The highest BCUT2D eigenvalue weighted by atomic mass is 19.4. The summed E-state index contributed by atoms with van der Waals surface area (Å²) in [4.78, 5) is 29.8. The van der Waals surface area contributed by atoms with Crippen LogP contribution in [0.15, 0.2) is 28.9 Å². The zero-order chi connectivity index (χ0) is 20.6. The first-order valence-corrected chi connectivity index (χ1v) is 9.72. The summed E-state index contributed by atoms with van der Waals surface area (Å²) >= 11 is 0. The van der Waals surface area contributed by atoms with Gasteiger partial charge < -0.3 is 14.6 Å². The average Bonchev–Trinajstić information content (AvgIpc) is 3.16. The van der Waals surface area contributed by atoms with Crippen LogP contribution in [0.25, 0.3) is 11.0 Å². The number of carbonyl (C=O) groups is 2. The van der Waals surface area contributed by atoms with Crippen molar-refractivity contribution in [2.45, 2.75) is 38.3 Å². The molecule has 156 valence electrons. The van der Waals surface area contributed by atoms with Crippen molar-refractivity contribution in [3.8, 4) is 0 Å². The fourth-order valence-corrected chi connectivity index (χ4v) is 4.24. The van der Waals surface area contributed by atoms with E-state index in [0.29, 0.717) is 31.1 Å². The molecular weight excluding hydrogens is 387 g/mol. The summed E-state index contributed by atoms with van der Waals surface area (Å²) in [6, 6.07) is 3.45. The number of nitrogens with zero attached hydrogens (tertiary/aromatic N) is 2. The molecule has 2 aromatic heterocycles. The summed E-state index contributed by atoms with van der Waals surface area (Å²) < 4.78 is 42.4. The van der Waals surface area contributed by atoms with Crippen LogP contribution in [-0.2, 0) is 4.79 Å². The Balaban J connectivity index is 1.23. The van der Waals surface area contributed by atoms with Crippen molar-refractivity contribution in [2.24, 2.45) is 11.3 Å². The van der Waals surface area contributed by atoms with Gasteiger partial charge in [-0.05, 0) is 42.7 Å². The lowest BCUT2D eigenvalue weighted by molar-refractivity contribution is -0.150. The molecule has 2 aliphatic rings. The van der Waals surface area contributed by atoms with E-state index in [1.54, 1.807) is 24.5 Å². The molecule has 0 aromatic carbocycles. The number of hydrogen-bond donors (Lipinski definition) is 1. The molecule has 2 aromatic rings. The minimum atomic E-state index is -4.30. The van der Waals surface area contributed by atoms with E-state index >= 15 is 0 Å². The molecule has 0 radical (unpaired) electrons. The molecule has 1 aliphatic heterocycles. The number of fused-ring (bicyclic) bond motifs is 1. The van der Waals surface area contributed by atoms with Gasteiger partial charge in [-0.15, -0.1) is 0 Å². The van der Waals surface area contributed by atoms with Crippen molar-refractivity contribution in [2.75, 3.05) is 19.6 Å². The second kappa shape index (κ2) is 7.35. The van der Waals surface area contributed by atoms with E-state index in [9.17, 15) is 22.8 Å². The molecule has 1 atom stereocenters. The highest BCUT2D eigenvalue weighted by molar-refractivity contribution is 5.95. The number of aromatic nitrogens is 1. The maximum absolute atomic E-state index is 12.3. The van der Waals surface area contributed by atoms with Crippen molar-refractivity contribution in [3.63, 3.8) is 0 Å². The van der Waals surface area contributed by atoms with E-state index in [0.717, 1.165) is 24.6 Å². The fourth-order valence-electron chi connectivity index (χ4n) is 4.24. The van der Waals surface area contributed by atoms with E-state index in [4.69, 9.17) is 4.42 Å². The number of pyridine rings is 1. The van der Waals surface area contributed by atoms with Crippen molar-refractivity contribution in [1.82, 2.24) is 15.2 Å². The number of nitrogens with one attached hydrogen (secondary N) is 1. The van der Waals surface area contributed by atoms with E-state index < -0.39 is 24.9 Å². The quantitative estimate of drug-likeness (QED) is 0.820. The second-order valence-corrected chi connectivity index (χ2v) is 7.99. The molecule has 4 rings (SSSR count). The number of likely N-dealkylation sites (tertiary alicyclic amines) is 1. The third-order valence-corrected chi connectivity index (χ3v) is 6.15. The number of piperidine rings is 1. The van der Waals surface area contributed by atoms with Crippen molar-refractivity contribution in [3.05, 3.63) is 30.3 Å². The van der Waals surface area contributed by atoms with Gasteiger partial charge in [-0.3, -0.25) is 14.6 Å². The normalized spacial score (nSPS) is 20.8. The Kier molecular flexibility index (Phi) is 5.00. The highest BCUT2D eigenvalue weighted by Crippen LogP contribution is 2.59. The van der Waals surface area contributed by atoms with E-state index in [1.807, 2.05) is 0 Å². The third kappa shape index (κ3) is 4.38. The molecule has 6 nitrogen and oxygen atoms in total. The lowest BCUT2D eigenvalue weighted by atomic mass is 9.90. The summed E-state index contributed by atoms with van der Waals surface area (Å²) in [5, 5.41) is 3.72. The summed E-state index contributed by atoms with van der Waals surface area (Å²) in [6.45, 7) is 1.49. The number of alkyl halides is 3. The Morgan fingerprint density at radius 3 is 2.76 bits per heavy atom. The summed E-state index contributed by atoms with van der Waals surface area (Å²) in [5.74, 6) is -0.136. The standard InChI is InChI=1S/C20H22F3N3O3/c21-20(22,23)3-1-17(27)26-7-4-19(5-8-26)10-14(19)11-25-18(28)15-9-13-2-6-24-12-16(13)29-15/h2,6,9,12,14H,1,3-5,7-8,10-11H2,(H,25,28). The van der Waals surface area contributed by atoms with Gasteiger partial charge in [0.1, 0.15) is 0 Å². The van der Waals surface area contributed by atoms with Gasteiger partial charge in [0, 0.05) is 37.6 Å². The van der Waals surface area contributed by atoms with Gasteiger partial charge in [0.05, 0.1) is 12.6 Å². The van der Waals surface area contributed by atoms with Crippen molar-refractivity contribution in [1.29, 1.82) is 0 Å². The van der Waals surface area contributed by atoms with E-state index in [-0.39, 0.29) is 17.1 Å². The SMILES string of the molecule is O=C(NCC1CC12CCN(C(=O)CCC(F)(F)F)CC2)c1cc2ccncc2o1. The molecule has 2 fully saturated rings. The molecule has 0 bridgehead atoms. The van der Waals surface area contributed by atoms with Crippen LogP contribution in [-0.4, -0.2) is 47.5 Å². The first kappa shape index (κ1) is 19.7. The molecule has 1 saturated carbocycles. The summed E-state index contributed by atoms with van der Waals surface area (Å²) in [6.07, 6.45) is -0.170. The van der Waals surface area contributed by atoms with Gasteiger partial charge in [0.2, 0.25) is 5.91 Å². The van der Waals surface area contributed by atoms with Gasteiger partial charge in [0.15, 0.2) is 11.3 Å². The first-order valence-electron chi connectivity index (χ1n) is 9.72. The molecule has 1 spiro atoms. The fraction of sp³-hybridized carbons (Fsp3) is 0.550. The monoisotopic (exact) mass is 409 g/mol. The van der Waals surface area contributed by atoms with Crippen LogP contribution in [0.3, 0.4) is 0 Å². The predicted molar refractivity (Wildman–Crippen MR) is 98.0 cm³/mol. The number of rotatable bonds is 5. The molecule has 1 saturated heterocycles. The molecule has 1 aliphatic carbocycles. The molecule has 9 heteroatoms. The number of amides is 2.